The third-order valence-corrected chi connectivity index (χ3v) is 2.79. The molecule has 8 nitrogen and oxygen atoms in total. The number of rotatable bonds is 5. The first kappa shape index (κ1) is 14.5. The molecule has 0 aliphatic rings. The van der Waals surface area contributed by atoms with Crippen LogP contribution in [0.1, 0.15) is 6.42 Å². The molecule has 0 radical (unpaired) electrons. The van der Waals surface area contributed by atoms with Crippen molar-refractivity contribution in [2.75, 3.05) is 16.8 Å². The van der Waals surface area contributed by atoms with Crippen LogP contribution in [0.15, 0.2) is 36.7 Å². The summed E-state index contributed by atoms with van der Waals surface area (Å²) < 4.78 is 1.41. The van der Waals surface area contributed by atoms with E-state index in [2.05, 4.69) is 15.4 Å². The SMILES string of the molecule is Cn1ncnc1NC(=O)N(CCC(=O)O)c1ccccc1. The molecule has 0 aliphatic carbocycles. The lowest BCUT2D eigenvalue weighted by molar-refractivity contribution is -0.136. The fourth-order valence-electron chi connectivity index (χ4n) is 1.74. The number of benzene rings is 1. The summed E-state index contributed by atoms with van der Waals surface area (Å²) in [4.78, 5) is 28.3. The van der Waals surface area contributed by atoms with Crippen LogP contribution < -0.4 is 10.2 Å². The average Bonchev–Trinajstić information content (AvgIpc) is 2.85. The van der Waals surface area contributed by atoms with Gasteiger partial charge in [-0.05, 0) is 12.1 Å². The Morgan fingerprint density at radius 1 is 1.33 bits per heavy atom. The highest BCUT2D eigenvalue weighted by atomic mass is 16.4. The number of hydrogen-bond donors (Lipinski definition) is 2. The second-order valence-electron chi connectivity index (χ2n) is 4.27. The van der Waals surface area contributed by atoms with E-state index in [4.69, 9.17) is 5.11 Å². The van der Waals surface area contributed by atoms with Crippen LogP contribution in [0, 0.1) is 0 Å². The summed E-state index contributed by atoms with van der Waals surface area (Å²) in [6.45, 7) is 0.0586. The number of amides is 2. The van der Waals surface area contributed by atoms with Gasteiger partial charge in [-0.15, -0.1) is 0 Å². The zero-order valence-electron chi connectivity index (χ0n) is 11.4. The second-order valence-corrected chi connectivity index (χ2v) is 4.27. The maximum absolute atomic E-state index is 12.3. The van der Waals surface area contributed by atoms with Crippen molar-refractivity contribution in [2.45, 2.75) is 6.42 Å². The molecule has 110 valence electrons. The van der Waals surface area contributed by atoms with Gasteiger partial charge < -0.3 is 5.11 Å². The number of carboxylic acids is 1. The fourth-order valence-corrected chi connectivity index (χ4v) is 1.74. The van der Waals surface area contributed by atoms with Gasteiger partial charge in [0.15, 0.2) is 0 Å². The van der Waals surface area contributed by atoms with E-state index in [0.29, 0.717) is 5.69 Å². The first-order valence-corrected chi connectivity index (χ1v) is 6.27. The maximum atomic E-state index is 12.3. The van der Waals surface area contributed by atoms with Crippen molar-refractivity contribution in [3.05, 3.63) is 36.7 Å². The number of nitrogens with zero attached hydrogens (tertiary/aromatic N) is 4. The first-order chi connectivity index (χ1) is 10.1. The minimum absolute atomic E-state index is 0.0586. The van der Waals surface area contributed by atoms with E-state index in [9.17, 15) is 9.59 Å². The summed E-state index contributed by atoms with van der Waals surface area (Å²) in [6, 6.07) is 8.38. The molecule has 1 aromatic carbocycles. The summed E-state index contributed by atoms with van der Waals surface area (Å²) in [6.07, 6.45) is 1.17. The van der Waals surface area contributed by atoms with Crippen LogP contribution in [-0.2, 0) is 11.8 Å². The molecule has 0 saturated heterocycles. The minimum atomic E-state index is -0.970. The van der Waals surface area contributed by atoms with E-state index in [1.54, 1.807) is 31.3 Å². The number of anilines is 2. The van der Waals surface area contributed by atoms with Gasteiger partial charge in [-0.25, -0.2) is 9.48 Å². The lowest BCUT2D eigenvalue weighted by Gasteiger charge is -2.22. The van der Waals surface area contributed by atoms with Gasteiger partial charge in [-0.3, -0.25) is 15.0 Å². The Balaban J connectivity index is 2.16. The highest BCUT2D eigenvalue weighted by Crippen LogP contribution is 2.15. The first-order valence-electron chi connectivity index (χ1n) is 6.27. The van der Waals surface area contributed by atoms with E-state index < -0.39 is 12.0 Å². The van der Waals surface area contributed by atoms with Gasteiger partial charge in [0, 0.05) is 19.3 Å². The van der Waals surface area contributed by atoms with Crippen LogP contribution in [0.2, 0.25) is 0 Å². The predicted molar refractivity (Wildman–Crippen MR) is 76.1 cm³/mol. The van der Waals surface area contributed by atoms with Crippen LogP contribution in [0.25, 0.3) is 0 Å². The molecule has 2 aromatic rings. The molecule has 8 heteroatoms. The summed E-state index contributed by atoms with van der Waals surface area (Å²) in [5, 5.41) is 15.3. The number of nitrogens with one attached hydrogen (secondary N) is 1. The lowest BCUT2D eigenvalue weighted by atomic mass is 10.3. The highest BCUT2D eigenvalue weighted by Gasteiger charge is 2.18. The smallest absolute Gasteiger partial charge is 0.328 e. The standard InChI is InChI=1S/C13H15N5O3/c1-17-12(14-9-15-17)16-13(21)18(8-7-11(19)20)10-5-3-2-4-6-10/h2-6,9H,7-8H2,1H3,(H,19,20)(H,14,15,16,21). The number of aryl methyl sites for hydroxylation is 1. The summed E-state index contributed by atoms with van der Waals surface area (Å²) in [7, 11) is 1.65. The molecule has 0 saturated carbocycles. The fraction of sp³-hybridized carbons (Fsp3) is 0.231. The Morgan fingerprint density at radius 2 is 2.05 bits per heavy atom. The average molecular weight is 289 g/mol. The van der Waals surface area contributed by atoms with Crippen molar-refractivity contribution < 1.29 is 14.7 Å². The van der Waals surface area contributed by atoms with E-state index in [-0.39, 0.29) is 18.9 Å². The molecule has 0 atom stereocenters. The highest BCUT2D eigenvalue weighted by molar-refractivity contribution is 6.01. The van der Waals surface area contributed by atoms with Crippen molar-refractivity contribution >= 4 is 23.6 Å². The summed E-state index contributed by atoms with van der Waals surface area (Å²) in [5.41, 5.74) is 0.610. The van der Waals surface area contributed by atoms with Crippen LogP contribution in [0.4, 0.5) is 16.4 Å². The zero-order valence-corrected chi connectivity index (χ0v) is 11.4. The number of carboxylic acid groups (broad SMARTS) is 1. The van der Waals surface area contributed by atoms with Crippen molar-refractivity contribution in [3.8, 4) is 0 Å². The molecule has 1 aromatic heterocycles. The molecular weight excluding hydrogens is 274 g/mol. The predicted octanol–water partition coefficient (Wildman–Crippen LogP) is 1.33. The van der Waals surface area contributed by atoms with Crippen molar-refractivity contribution in [2.24, 2.45) is 7.05 Å². The number of aromatic nitrogens is 3. The number of aliphatic carboxylic acids is 1. The molecule has 1 heterocycles. The Morgan fingerprint density at radius 3 is 2.62 bits per heavy atom. The van der Waals surface area contributed by atoms with E-state index in [1.165, 1.54) is 15.9 Å². The van der Waals surface area contributed by atoms with Gasteiger partial charge in [-0.1, -0.05) is 18.2 Å². The van der Waals surface area contributed by atoms with E-state index in [1.807, 2.05) is 6.07 Å². The molecule has 0 aliphatic heterocycles. The molecule has 2 N–H and O–H groups in total. The zero-order chi connectivity index (χ0) is 15.2. The number of para-hydroxylation sites is 1. The van der Waals surface area contributed by atoms with Gasteiger partial charge in [-0.2, -0.15) is 10.1 Å². The quantitative estimate of drug-likeness (QED) is 0.864. The Hall–Kier alpha value is -2.90. The molecule has 2 rings (SSSR count). The number of carbonyl (C=O) groups excluding carboxylic acids is 1. The van der Waals surface area contributed by atoms with Gasteiger partial charge in [0.05, 0.1) is 6.42 Å². The van der Waals surface area contributed by atoms with Gasteiger partial charge in [0.25, 0.3) is 0 Å². The molecule has 0 bridgehead atoms. The largest absolute Gasteiger partial charge is 0.481 e. The summed E-state index contributed by atoms with van der Waals surface area (Å²) >= 11 is 0. The molecule has 2 amide bonds. The van der Waals surface area contributed by atoms with Crippen molar-refractivity contribution in [3.63, 3.8) is 0 Å². The van der Waals surface area contributed by atoms with E-state index >= 15 is 0 Å². The summed E-state index contributed by atoms with van der Waals surface area (Å²) in [5.74, 6) is -0.682. The van der Waals surface area contributed by atoms with Crippen molar-refractivity contribution in [1.29, 1.82) is 0 Å². The molecule has 0 fully saturated rings. The molecule has 21 heavy (non-hydrogen) atoms. The van der Waals surface area contributed by atoms with Crippen LogP contribution in [-0.4, -0.2) is 38.4 Å². The third kappa shape index (κ3) is 3.78. The van der Waals surface area contributed by atoms with Gasteiger partial charge >= 0.3 is 12.0 Å². The topological polar surface area (TPSA) is 100 Å². The third-order valence-electron chi connectivity index (χ3n) is 2.79. The van der Waals surface area contributed by atoms with Gasteiger partial charge in [0.2, 0.25) is 5.95 Å². The lowest BCUT2D eigenvalue weighted by Crippen LogP contribution is -2.37. The number of hydrogen-bond acceptors (Lipinski definition) is 4. The Kier molecular flexibility index (Phi) is 4.50. The molecule has 0 unspecified atom stereocenters. The Labute approximate surface area is 121 Å². The van der Waals surface area contributed by atoms with Gasteiger partial charge in [0.1, 0.15) is 6.33 Å². The Bertz CT molecular complexity index is 626. The van der Waals surface area contributed by atoms with E-state index in [0.717, 1.165) is 0 Å². The van der Waals surface area contributed by atoms with Crippen molar-refractivity contribution in [1.82, 2.24) is 14.8 Å². The van der Waals surface area contributed by atoms with Crippen LogP contribution in [0.5, 0.6) is 0 Å². The normalized spacial score (nSPS) is 10.1. The monoisotopic (exact) mass is 289 g/mol. The number of carbonyl (C=O) groups is 2. The maximum Gasteiger partial charge on any atom is 0.328 e. The minimum Gasteiger partial charge on any atom is -0.481 e. The molecule has 0 spiro atoms. The van der Waals surface area contributed by atoms with Crippen LogP contribution >= 0.6 is 0 Å². The number of urea groups is 1. The van der Waals surface area contributed by atoms with Crippen LogP contribution in [0.3, 0.4) is 0 Å². The molecular formula is C13H15N5O3. The second kappa shape index (κ2) is 6.51.